The van der Waals surface area contributed by atoms with E-state index in [0.29, 0.717) is 0 Å². The van der Waals surface area contributed by atoms with Crippen molar-refractivity contribution in [1.29, 1.82) is 0 Å². The highest BCUT2D eigenvalue weighted by atomic mass is 15.2. The van der Waals surface area contributed by atoms with E-state index in [9.17, 15) is 0 Å². The van der Waals surface area contributed by atoms with Gasteiger partial charge >= 0.3 is 0 Å². The molecule has 116 valence electrons. The van der Waals surface area contributed by atoms with Gasteiger partial charge in [-0.3, -0.25) is 0 Å². The predicted octanol–water partition coefficient (Wildman–Crippen LogP) is 3.66. The lowest BCUT2D eigenvalue weighted by molar-refractivity contribution is 0.568. The van der Waals surface area contributed by atoms with E-state index in [1.165, 1.54) is 49.0 Å². The number of hydrogen-bond acceptors (Lipinski definition) is 3. The Morgan fingerprint density at radius 1 is 1.29 bits per heavy atom. The van der Waals surface area contributed by atoms with Gasteiger partial charge in [0.2, 0.25) is 0 Å². The van der Waals surface area contributed by atoms with Gasteiger partial charge in [-0.05, 0) is 62.1 Å². The summed E-state index contributed by atoms with van der Waals surface area (Å²) in [7, 11) is 0. The Morgan fingerprint density at radius 2 is 2.05 bits per heavy atom. The van der Waals surface area contributed by atoms with Crippen molar-refractivity contribution in [3.8, 4) is 0 Å². The molecule has 0 atom stereocenters. The maximum absolute atomic E-state index is 4.80. The predicted molar refractivity (Wildman–Crippen MR) is 88.7 cm³/mol. The topological polar surface area (TPSA) is 28.2 Å². The molecule has 0 aliphatic heterocycles. The molecule has 0 radical (unpaired) electrons. The molecule has 0 saturated heterocycles. The van der Waals surface area contributed by atoms with E-state index in [1.54, 1.807) is 0 Å². The third-order valence-corrected chi connectivity index (χ3v) is 4.49. The van der Waals surface area contributed by atoms with Gasteiger partial charge < -0.3 is 10.2 Å². The molecule has 0 amide bonds. The monoisotopic (exact) mass is 287 g/mol. The van der Waals surface area contributed by atoms with Crippen LogP contribution in [0.15, 0.2) is 12.3 Å². The molecule has 2 fully saturated rings. The van der Waals surface area contributed by atoms with Crippen LogP contribution in [0.1, 0.15) is 57.1 Å². The van der Waals surface area contributed by atoms with Crippen LogP contribution >= 0.6 is 0 Å². The quantitative estimate of drug-likeness (QED) is 0.791. The van der Waals surface area contributed by atoms with Crippen LogP contribution in [0.5, 0.6) is 0 Å². The Morgan fingerprint density at radius 3 is 2.62 bits per heavy atom. The van der Waals surface area contributed by atoms with Crippen LogP contribution in [0, 0.1) is 12.8 Å². The Kier molecular flexibility index (Phi) is 4.48. The highest BCUT2D eigenvalue weighted by Gasteiger charge is 2.30. The highest BCUT2D eigenvalue weighted by Crippen LogP contribution is 2.33. The van der Waals surface area contributed by atoms with E-state index in [1.807, 2.05) is 0 Å². The second kappa shape index (κ2) is 6.35. The van der Waals surface area contributed by atoms with Gasteiger partial charge in [-0.15, -0.1) is 0 Å². The van der Waals surface area contributed by atoms with E-state index < -0.39 is 0 Å². The molecule has 1 heterocycles. The van der Waals surface area contributed by atoms with Crippen LogP contribution in [0.4, 0.5) is 5.82 Å². The molecule has 2 aliphatic rings. The lowest BCUT2D eigenvalue weighted by Crippen LogP contribution is -2.29. The molecule has 0 unspecified atom stereocenters. The third kappa shape index (κ3) is 4.19. The van der Waals surface area contributed by atoms with E-state index in [0.717, 1.165) is 31.1 Å². The van der Waals surface area contributed by atoms with Crippen molar-refractivity contribution in [1.82, 2.24) is 10.3 Å². The van der Waals surface area contributed by atoms with E-state index in [-0.39, 0.29) is 0 Å². The maximum atomic E-state index is 4.80. The minimum atomic E-state index is 0.741. The van der Waals surface area contributed by atoms with Gasteiger partial charge in [0, 0.05) is 31.4 Å². The average molecular weight is 287 g/mol. The van der Waals surface area contributed by atoms with Gasteiger partial charge in [0.15, 0.2) is 0 Å². The number of anilines is 1. The van der Waals surface area contributed by atoms with Crippen LogP contribution in [0.3, 0.4) is 0 Å². The van der Waals surface area contributed by atoms with Crippen molar-refractivity contribution >= 4 is 5.82 Å². The first-order valence-electron chi connectivity index (χ1n) is 8.59. The Labute approximate surface area is 129 Å². The molecule has 0 spiro atoms. The Bertz CT molecular complexity index is 475. The summed E-state index contributed by atoms with van der Waals surface area (Å²) in [6.45, 7) is 8.94. The van der Waals surface area contributed by atoms with E-state index in [2.05, 4.69) is 43.3 Å². The molecule has 1 aromatic rings. The summed E-state index contributed by atoms with van der Waals surface area (Å²) in [5, 5.41) is 3.57. The van der Waals surface area contributed by atoms with Crippen LogP contribution in [-0.2, 0) is 6.54 Å². The first-order chi connectivity index (χ1) is 10.1. The summed E-state index contributed by atoms with van der Waals surface area (Å²) in [4.78, 5) is 7.35. The fraction of sp³-hybridized carbons (Fsp3) is 0.722. The number of aromatic nitrogens is 1. The van der Waals surface area contributed by atoms with Gasteiger partial charge in [-0.1, -0.05) is 13.8 Å². The molecule has 3 heteroatoms. The summed E-state index contributed by atoms with van der Waals surface area (Å²) < 4.78 is 0. The first kappa shape index (κ1) is 14.8. The maximum Gasteiger partial charge on any atom is 0.131 e. The van der Waals surface area contributed by atoms with Crippen molar-refractivity contribution in [2.75, 3.05) is 11.4 Å². The molecule has 2 saturated carbocycles. The lowest BCUT2D eigenvalue weighted by Gasteiger charge is -2.26. The molecule has 1 aromatic heterocycles. The summed E-state index contributed by atoms with van der Waals surface area (Å²) in [6, 6.07) is 3.83. The number of rotatable bonds is 8. The number of pyridine rings is 1. The lowest BCUT2D eigenvalue weighted by atomic mass is 10.1. The largest absolute Gasteiger partial charge is 0.353 e. The second-order valence-corrected chi connectivity index (χ2v) is 7.25. The van der Waals surface area contributed by atoms with Crippen molar-refractivity contribution in [3.05, 3.63) is 23.4 Å². The normalized spacial score (nSPS) is 18.3. The van der Waals surface area contributed by atoms with Gasteiger partial charge in [0.1, 0.15) is 5.82 Å². The van der Waals surface area contributed by atoms with Crippen LogP contribution in [0.2, 0.25) is 0 Å². The van der Waals surface area contributed by atoms with Crippen molar-refractivity contribution in [3.63, 3.8) is 0 Å². The van der Waals surface area contributed by atoms with Gasteiger partial charge in [0.25, 0.3) is 0 Å². The number of hydrogen-bond donors (Lipinski definition) is 1. The Balaban J connectivity index is 1.66. The SMILES string of the molecule is Cc1cc(CNC2CC2)cnc1N(CCC(C)C)C1CC1. The fourth-order valence-corrected chi connectivity index (χ4v) is 2.82. The molecule has 3 rings (SSSR count). The van der Waals surface area contributed by atoms with Gasteiger partial charge in [-0.2, -0.15) is 0 Å². The summed E-state index contributed by atoms with van der Waals surface area (Å²) >= 11 is 0. The molecule has 0 aromatic carbocycles. The number of aryl methyl sites for hydroxylation is 1. The molecule has 21 heavy (non-hydrogen) atoms. The molecule has 3 nitrogen and oxygen atoms in total. The summed E-state index contributed by atoms with van der Waals surface area (Å²) in [6.07, 6.45) is 8.68. The average Bonchev–Trinajstić information content (AvgIpc) is 3.32. The second-order valence-electron chi connectivity index (χ2n) is 7.25. The summed E-state index contributed by atoms with van der Waals surface area (Å²) in [5.74, 6) is 1.97. The van der Waals surface area contributed by atoms with Gasteiger partial charge in [0.05, 0.1) is 0 Å². The van der Waals surface area contributed by atoms with Crippen molar-refractivity contribution < 1.29 is 0 Å². The minimum Gasteiger partial charge on any atom is -0.353 e. The molecular formula is C18H29N3. The Hall–Kier alpha value is -1.09. The smallest absolute Gasteiger partial charge is 0.131 e. The minimum absolute atomic E-state index is 0.741. The van der Waals surface area contributed by atoms with Gasteiger partial charge in [-0.25, -0.2) is 4.98 Å². The fourth-order valence-electron chi connectivity index (χ4n) is 2.82. The summed E-state index contributed by atoms with van der Waals surface area (Å²) in [5.41, 5.74) is 2.66. The van der Waals surface area contributed by atoms with E-state index in [4.69, 9.17) is 4.98 Å². The van der Waals surface area contributed by atoms with Crippen LogP contribution in [-0.4, -0.2) is 23.6 Å². The van der Waals surface area contributed by atoms with E-state index >= 15 is 0 Å². The van der Waals surface area contributed by atoms with Crippen LogP contribution in [0.25, 0.3) is 0 Å². The standard InChI is InChI=1S/C18H29N3/c1-13(2)8-9-21(17-6-7-17)18-14(3)10-15(12-20-18)11-19-16-4-5-16/h10,12-13,16-17,19H,4-9,11H2,1-3H3. The highest BCUT2D eigenvalue weighted by molar-refractivity contribution is 5.49. The van der Waals surface area contributed by atoms with Crippen molar-refractivity contribution in [2.45, 2.75) is 71.5 Å². The molecule has 2 aliphatic carbocycles. The third-order valence-electron chi connectivity index (χ3n) is 4.49. The number of nitrogens with zero attached hydrogens (tertiary/aromatic N) is 2. The molecule has 1 N–H and O–H groups in total. The zero-order valence-corrected chi connectivity index (χ0v) is 13.7. The zero-order valence-electron chi connectivity index (χ0n) is 13.7. The van der Waals surface area contributed by atoms with Crippen LogP contribution < -0.4 is 10.2 Å². The molecule has 0 bridgehead atoms. The van der Waals surface area contributed by atoms with Crippen molar-refractivity contribution in [2.24, 2.45) is 5.92 Å². The number of nitrogens with one attached hydrogen (secondary N) is 1. The zero-order chi connectivity index (χ0) is 14.8. The molecular weight excluding hydrogens is 258 g/mol. The first-order valence-corrected chi connectivity index (χ1v) is 8.59.